The van der Waals surface area contributed by atoms with Crippen LogP contribution in [0.25, 0.3) is 0 Å². The van der Waals surface area contributed by atoms with Crippen LogP contribution in [0.2, 0.25) is 0 Å². The zero-order valence-electron chi connectivity index (χ0n) is 19.4. The monoisotopic (exact) mass is 584 g/mol. The molecule has 0 bridgehead atoms. The van der Waals surface area contributed by atoms with Crippen molar-refractivity contribution in [1.29, 1.82) is 0 Å². The maximum absolute atomic E-state index is 12.6. The number of rotatable bonds is 7. The van der Waals surface area contributed by atoms with E-state index in [0.29, 0.717) is 0 Å². The van der Waals surface area contributed by atoms with Crippen LogP contribution in [0.5, 0.6) is 0 Å². The van der Waals surface area contributed by atoms with Crippen molar-refractivity contribution in [2.45, 2.75) is 71.4 Å². The topological polar surface area (TPSA) is 43.4 Å². The number of hydrogen-bond donors (Lipinski definition) is 0. The average molecular weight is 584 g/mol. The standard InChI is InChI=1S/C24H32F3IO3S/c1-22(2,3)18-8-12-20(13-9-18)28(21-14-10-19(11-15-21)23(4,5)6)31-32(29,30)17-7-16-24(25,26)27/h8-15H,7,16-17H2,1-6H3/q+1. The van der Waals surface area contributed by atoms with Gasteiger partial charge in [0.05, 0.1) is 5.75 Å². The van der Waals surface area contributed by atoms with E-state index >= 15 is 0 Å². The Hall–Kier alpha value is -1.13. The Morgan fingerprint density at radius 3 is 1.44 bits per heavy atom. The highest BCUT2D eigenvalue weighted by atomic mass is 127. The quantitative estimate of drug-likeness (QED) is 0.468. The van der Waals surface area contributed by atoms with Crippen molar-refractivity contribution >= 4 is 10.1 Å². The summed E-state index contributed by atoms with van der Waals surface area (Å²) in [6, 6.07) is 15.4. The van der Waals surface area contributed by atoms with Crippen LogP contribution in [-0.4, -0.2) is 20.3 Å². The van der Waals surface area contributed by atoms with Crippen molar-refractivity contribution in [3.8, 4) is 0 Å². The van der Waals surface area contributed by atoms with Gasteiger partial charge in [0.1, 0.15) is 0 Å². The molecular formula is C24H32F3IO3S+. The molecule has 0 aromatic heterocycles. The number of benzene rings is 2. The Bertz CT molecular complexity index is 928. The summed E-state index contributed by atoms with van der Waals surface area (Å²) < 4.78 is 69.7. The molecule has 2 aromatic rings. The first kappa shape index (κ1) is 27.1. The van der Waals surface area contributed by atoms with Crippen molar-refractivity contribution in [3.05, 3.63) is 66.8 Å². The summed E-state index contributed by atoms with van der Waals surface area (Å²) in [6.45, 7) is 12.5. The van der Waals surface area contributed by atoms with Crippen LogP contribution >= 0.6 is 0 Å². The summed E-state index contributed by atoms with van der Waals surface area (Å²) in [7, 11) is -4.11. The minimum absolute atomic E-state index is 0.0591. The molecule has 0 unspecified atom stereocenters. The molecule has 3 nitrogen and oxygen atoms in total. The van der Waals surface area contributed by atoms with E-state index in [1.54, 1.807) is 0 Å². The maximum atomic E-state index is 12.6. The minimum atomic E-state index is -4.39. The van der Waals surface area contributed by atoms with Crippen molar-refractivity contribution in [2.24, 2.45) is 0 Å². The van der Waals surface area contributed by atoms with E-state index in [1.807, 2.05) is 48.5 Å². The molecule has 0 heterocycles. The second-order valence-corrected chi connectivity index (χ2v) is 16.4. The van der Waals surface area contributed by atoms with Gasteiger partial charge in [-0.1, -0.05) is 65.8 Å². The highest BCUT2D eigenvalue weighted by molar-refractivity contribution is 7.86. The van der Waals surface area contributed by atoms with Crippen LogP contribution in [0.15, 0.2) is 48.5 Å². The lowest BCUT2D eigenvalue weighted by Crippen LogP contribution is -3.85. The first-order chi connectivity index (χ1) is 14.5. The van der Waals surface area contributed by atoms with Gasteiger partial charge in [0.15, 0.2) is 7.14 Å². The molecule has 0 N–H and O–H groups in total. The van der Waals surface area contributed by atoms with Crippen molar-refractivity contribution in [2.75, 3.05) is 5.75 Å². The molecule has 8 heteroatoms. The van der Waals surface area contributed by atoms with Gasteiger partial charge < -0.3 is 0 Å². The van der Waals surface area contributed by atoms with Gasteiger partial charge in [-0.05, 0) is 55.2 Å². The predicted octanol–water partition coefficient (Wildman–Crippen LogP) is 3.55. The maximum Gasteiger partial charge on any atom is 0.389 e. The molecule has 2 rings (SSSR count). The lowest BCUT2D eigenvalue weighted by molar-refractivity contribution is -1.03. The van der Waals surface area contributed by atoms with E-state index in [1.165, 1.54) is 0 Å². The van der Waals surface area contributed by atoms with Crippen LogP contribution in [0.3, 0.4) is 0 Å². The Morgan fingerprint density at radius 2 is 1.12 bits per heavy atom. The van der Waals surface area contributed by atoms with Gasteiger partial charge in [0.25, 0.3) is 0 Å². The highest BCUT2D eigenvalue weighted by Gasteiger charge is 2.38. The highest BCUT2D eigenvalue weighted by Crippen LogP contribution is 2.23. The molecule has 0 aliphatic carbocycles. The zero-order chi connectivity index (χ0) is 24.4. The number of hydrogen-bond acceptors (Lipinski definition) is 3. The molecule has 0 saturated heterocycles. The molecule has 0 amide bonds. The van der Waals surface area contributed by atoms with Crippen molar-refractivity contribution in [3.63, 3.8) is 0 Å². The van der Waals surface area contributed by atoms with Crippen LogP contribution in [0, 0.1) is 7.14 Å². The smallest absolute Gasteiger partial charge is 0.196 e. The van der Waals surface area contributed by atoms with Crippen molar-refractivity contribution < 1.29 is 44.3 Å². The van der Waals surface area contributed by atoms with E-state index in [4.69, 9.17) is 2.51 Å². The van der Waals surface area contributed by atoms with Gasteiger partial charge >= 0.3 is 36.5 Å². The van der Waals surface area contributed by atoms with Gasteiger partial charge in [-0.25, -0.2) is 0 Å². The summed E-state index contributed by atoms with van der Waals surface area (Å²) in [4.78, 5) is 0. The van der Waals surface area contributed by atoms with Gasteiger partial charge in [0.2, 0.25) is 0 Å². The molecule has 0 aliphatic rings. The fourth-order valence-electron chi connectivity index (χ4n) is 2.90. The third kappa shape index (κ3) is 8.33. The van der Waals surface area contributed by atoms with Gasteiger partial charge in [0, 0.05) is 6.42 Å². The Kier molecular flexibility index (Phi) is 8.48. The molecule has 0 atom stereocenters. The molecule has 2 aromatic carbocycles. The first-order valence-corrected chi connectivity index (χ1v) is 15.0. The van der Waals surface area contributed by atoms with E-state index in [-0.39, 0.29) is 10.8 Å². The van der Waals surface area contributed by atoms with E-state index in [9.17, 15) is 21.6 Å². The van der Waals surface area contributed by atoms with Crippen LogP contribution < -0.4 is 20.2 Å². The first-order valence-electron chi connectivity index (χ1n) is 10.4. The molecule has 0 aliphatic heterocycles. The summed E-state index contributed by atoms with van der Waals surface area (Å²) in [5, 5.41) is 0. The molecule has 0 fully saturated rings. The molecule has 32 heavy (non-hydrogen) atoms. The van der Waals surface area contributed by atoms with Gasteiger partial charge in [-0.3, -0.25) is 0 Å². The minimum Gasteiger partial charge on any atom is -0.196 e. The SMILES string of the molecule is CC(C)(C)c1ccc([I+](OS(=O)(=O)CCCC(F)(F)F)c2ccc(C(C)(C)C)cc2)cc1. The summed E-state index contributed by atoms with van der Waals surface area (Å²) in [5.74, 6) is -0.652. The summed E-state index contributed by atoms with van der Waals surface area (Å²) in [5.41, 5.74) is 2.09. The van der Waals surface area contributed by atoms with Crippen LogP contribution in [0.1, 0.15) is 65.5 Å². The molecular weight excluding hydrogens is 552 g/mol. The molecule has 179 valence electrons. The molecule has 0 spiro atoms. The normalized spacial score (nSPS) is 13.6. The third-order valence-corrected chi connectivity index (χ3v) is 12.4. The zero-order valence-corrected chi connectivity index (χ0v) is 22.4. The predicted molar refractivity (Wildman–Crippen MR) is 118 cm³/mol. The molecule has 0 saturated carbocycles. The largest absolute Gasteiger partial charge is 0.389 e. The van der Waals surface area contributed by atoms with E-state index in [0.717, 1.165) is 18.3 Å². The molecule has 1 radical (unpaired) electrons. The third-order valence-electron chi connectivity index (χ3n) is 4.83. The van der Waals surface area contributed by atoms with E-state index in [2.05, 4.69) is 41.5 Å². The van der Waals surface area contributed by atoms with Gasteiger partial charge in [-0.2, -0.15) is 21.6 Å². The number of alkyl halides is 3. The fraction of sp³-hybridized carbons (Fsp3) is 0.500. The fourth-order valence-corrected chi connectivity index (χ4v) is 9.98. The van der Waals surface area contributed by atoms with Gasteiger partial charge in [-0.15, -0.1) is 0 Å². The number of halogens is 4. The summed E-state index contributed by atoms with van der Waals surface area (Å²) in [6.07, 6.45) is -6.05. The Balaban J connectivity index is 2.37. The Labute approximate surface area is 197 Å². The van der Waals surface area contributed by atoms with E-state index < -0.39 is 55.1 Å². The lowest BCUT2D eigenvalue weighted by Gasteiger charge is -2.19. The van der Waals surface area contributed by atoms with Crippen LogP contribution in [0.4, 0.5) is 13.2 Å². The van der Waals surface area contributed by atoms with Crippen molar-refractivity contribution in [1.82, 2.24) is 0 Å². The Morgan fingerprint density at radius 1 is 0.750 bits per heavy atom. The lowest BCUT2D eigenvalue weighted by atomic mass is 9.87. The second kappa shape index (κ2) is 10.0. The second-order valence-electron chi connectivity index (χ2n) is 9.81. The summed E-state index contributed by atoms with van der Waals surface area (Å²) >= 11 is -2.90. The van der Waals surface area contributed by atoms with Crippen LogP contribution in [-0.2, 0) is 23.5 Å². The average Bonchev–Trinajstić information content (AvgIpc) is 2.64.